The molecule has 58 heavy (non-hydrogen) atoms. The van der Waals surface area contributed by atoms with Gasteiger partial charge in [0.1, 0.15) is 67.1 Å². The third-order valence-electron chi connectivity index (χ3n) is 10.4. The fraction of sp³-hybridized carbons (Fsp3) is 0.553. The smallest absolute Gasteiger partial charge is 0.249 e. The highest BCUT2D eigenvalue weighted by molar-refractivity contribution is 5.81. The Labute approximate surface area is 333 Å². The summed E-state index contributed by atoms with van der Waals surface area (Å²) < 4.78 is 22.5. The second-order valence-corrected chi connectivity index (χ2v) is 14.5. The Morgan fingerprint density at radius 1 is 0.741 bits per heavy atom. The van der Waals surface area contributed by atoms with E-state index in [1.807, 2.05) is 36.7 Å². The molecule has 4 heterocycles. The zero-order valence-corrected chi connectivity index (χ0v) is 31.6. The van der Waals surface area contributed by atoms with Crippen molar-refractivity contribution in [2.24, 2.45) is 22.9 Å². The molecule has 2 aromatic carbocycles. The average Bonchev–Trinajstić information content (AvgIpc) is 3.92. The van der Waals surface area contributed by atoms with Crippen molar-refractivity contribution >= 4 is 27.7 Å². The predicted octanol–water partition coefficient (Wildman–Crippen LogP) is -4.09. The summed E-state index contributed by atoms with van der Waals surface area (Å²) >= 11 is 0. The summed E-state index contributed by atoms with van der Waals surface area (Å²) in [6.45, 7) is -0.898. The highest BCUT2D eigenvalue weighted by Crippen LogP contribution is 2.32. The minimum atomic E-state index is -1.76. The normalized spacial score (nSPS) is 35.6. The minimum Gasteiger partial charge on any atom is -0.394 e. The molecule has 20 heteroatoms. The van der Waals surface area contributed by atoms with Crippen molar-refractivity contribution in [3.63, 3.8) is 0 Å². The number of hydrogen-bond acceptors (Lipinski definition) is 17. The van der Waals surface area contributed by atoms with E-state index in [1.54, 1.807) is 0 Å². The third-order valence-corrected chi connectivity index (χ3v) is 10.4. The van der Waals surface area contributed by atoms with Crippen LogP contribution >= 0.6 is 0 Å². The zero-order valence-electron chi connectivity index (χ0n) is 31.6. The van der Waals surface area contributed by atoms with Crippen molar-refractivity contribution in [2.45, 2.75) is 111 Å². The molecule has 20 nitrogen and oxygen atoms in total. The molecule has 16 atom stereocenters. The number of nitrogens with one attached hydrogen (secondary N) is 3. The number of fused-ring (bicyclic) bond motifs is 2. The first-order valence-electron chi connectivity index (χ1n) is 19.0. The fourth-order valence-electron chi connectivity index (χ4n) is 7.06. The number of ether oxygens (including phenoxy) is 4. The molecule has 2 saturated heterocycles. The summed E-state index contributed by atoms with van der Waals surface area (Å²) in [5.74, 6) is -0.845. The van der Waals surface area contributed by atoms with Crippen LogP contribution in [0.2, 0.25) is 0 Å². The van der Waals surface area contributed by atoms with E-state index in [4.69, 9.17) is 41.9 Å². The summed E-state index contributed by atoms with van der Waals surface area (Å²) in [7, 11) is 0. The van der Waals surface area contributed by atoms with Gasteiger partial charge in [0.2, 0.25) is 5.91 Å². The van der Waals surface area contributed by atoms with Gasteiger partial charge in [-0.25, -0.2) is 0 Å². The van der Waals surface area contributed by atoms with Gasteiger partial charge in [-0.15, -0.1) is 0 Å². The Morgan fingerprint density at radius 2 is 1.29 bits per heavy atom. The minimum absolute atomic E-state index is 0.0101. The van der Waals surface area contributed by atoms with Crippen molar-refractivity contribution in [1.29, 1.82) is 0 Å². The first kappa shape index (κ1) is 45.4. The van der Waals surface area contributed by atoms with E-state index in [1.165, 1.54) is 21.8 Å². The van der Waals surface area contributed by atoms with Gasteiger partial charge in [0.15, 0.2) is 12.6 Å². The van der Waals surface area contributed by atoms with Gasteiger partial charge in [-0.2, -0.15) is 0 Å². The Morgan fingerprint density at radius 3 is 1.84 bits per heavy atom. The first-order chi connectivity index (χ1) is 27.8. The lowest BCUT2D eigenvalue weighted by Gasteiger charge is -2.49. The quantitative estimate of drug-likeness (QED) is 0.0723. The standard InChI is InChI=1S/C22H43N5O13.2C8H7N/c23-2-1-8(29)20(36)27-7-3-6(25)18(39-22-16(34)15(33)13(31)9(4-24)37-22)17(35)19(7)40-21-14(32)11(26)12(30)10(5-28)38-21;2*1-2-4-8-7(3-1)5-6-9-8/h6-19,21-22,28-35H,1-5,23-26H2,(H,27,36);2*1-6,9H/t6-,7+,8-,9+,10+,11-,12+,13+,14+,15-,16+,17-,18+,19-,21+,22+;;/m0../s1. The van der Waals surface area contributed by atoms with Gasteiger partial charge in [-0.3, -0.25) is 4.79 Å². The van der Waals surface area contributed by atoms with Crippen LogP contribution in [0.5, 0.6) is 0 Å². The molecule has 3 fully saturated rings. The molecular weight excluding hydrogens is 762 g/mol. The molecule has 0 radical (unpaired) electrons. The lowest BCUT2D eigenvalue weighted by atomic mass is 9.83. The van der Waals surface area contributed by atoms with Gasteiger partial charge in [-0.05, 0) is 54.4 Å². The molecular formula is C38H57N7O13. The van der Waals surface area contributed by atoms with Crippen molar-refractivity contribution in [2.75, 3.05) is 19.7 Å². The van der Waals surface area contributed by atoms with Gasteiger partial charge in [0.25, 0.3) is 0 Å². The third kappa shape index (κ3) is 10.7. The fourth-order valence-corrected chi connectivity index (χ4v) is 7.06. The molecule has 3 aliphatic rings. The van der Waals surface area contributed by atoms with E-state index in [0.29, 0.717) is 0 Å². The molecule has 0 unspecified atom stereocenters. The molecule has 1 amide bonds. The summed E-state index contributed by atoms with van der Waals surface area (Å²) in [5, 5.41) is 87.4. The number of benzene rings is 2. The second kappa shape index (κ2) is 21.0. The summed E-state index contributed by atoms with van der Waals surface area (Å²) in [6.07, 6.45) is -15.9. The number of aliphatic hydroxyl groups excluding tert-OH is 8. The van der Waals surface area contributed by atoms with Crippen LogP contribution < -0.4 is 28.3 Å². The molecule has 1 saturated carbocycles. The Bertz CT molecular complexity index is 1710. The second-order valence-electron chi connectivity index (χ2n) is 14.5. The number of carbonyl (C=O) groups is 1. The number of carbonyl (C=O) groups excluding carboxylic acids is 1. The summed E-state index contributed by atoms with van der Waals surface area (Å²) in [6, 6.07) is 17.1. The largest absolute Gasteiger partial charge is 0.394 e. The van der Waals surface area contributed by atoms with Crippen LogP contribution in [-0.2, 0) is 23.7 Å². The van der Waals surface area contributed by atoms with Gasteiger partial charge in [0, 0.05) is 36.0 Å². The monoisotopic (exact) mass is 819 g/mol. The first-order valence-corrected chi connectivity index (χ1v) is 19.0. The highest BCUT2D eigenvalue weighted by atomic mass is 16.7. The predicted molar refractivity (Wildman–Crippen MR) is 208 cm³/mol. The van der Waals surface area contributed by atoms with Crippen LogP contribution in [0.1, 0.15) is 12.8 Å². The van der Waals surface area contributed by atoms with Gasteiger partial charge >= 0.3 is 0 Å². The SMILES string of the molecule is NCC[C@H](O)C(=O)N[C@@H]1C[C@H](N)[C@@H](O[C@H]2O[C@H](CN)[C@@H](O)[C@H](O)[C@H]2O)[C@H](O)[C@H]1O[C@H]1O[C@H](CO)[C@@H](O)[C@H](N)[C@H]1O.c1ccc2[nH]ccc2c1.c1ccc2[nH]ccc2c1. The number of nitrogens with two attached hydrogens (primary N) is 4. The number of hydrogen-bond donors (Lipinski definition) is 15. The Balaban J connectivity index is 0.000000283. The van der Waals surface area contributed by atoms with Gasteiger partial charge in [0.05, 0.1) is 18.7 Å². The number of aromatic amines is 2. The number of amides is 1. The van der Waals surface area contributed by atoms with Crippen molar-refractivity contribution in [3.8, 4) is 0 Å². The lowest BCUT2D eigenvalue weighted by Crippen LogP contribution is -2.69. The van der Waals surface area contributed by atoms with E-state index in [0.717, 1.165) is 0 Å². The van der Waals surface area contributed by atoms with E-state index >= 15 is 0 Å². The van der Waals surface area contributed by atoms with Crippen LogP contribution in [0.4, 0.5) is 0 Å². The van der Waals surface area contributed by atoms with E-state index in [-0.39, 0.29) is 25.9 Å². The number of para-hydroxylation sites is 2. The van der Waals surface area contributed by atoms with Crippen LogP contribution in [-0.4, -0.2) is 174 Å². The maximum absolute atomic E-state index is 12.6. The van der Waals surface area contributed by atoms with Crippen LogP contribution in [0, 0.1) is 0 Å². The Hall–Kier alpha value is -3.65. The molecule has 322 valence electrons. The molecule has 2 aromatic heterocycles. The number of rotatable bonds is 10. The van der Waals surface area contributed by atoms with E-state index in [9.17, 15) is 45.6 Å². The number of aromatic nitrogens is 2. The maximum Gasteiger partial charge on any atom is 0.249 e. The van der Waals surface area contributed by atoms with E-state index < -0.39 is 110 Å². The molecule has 19 N–H and O–H groups in total. The molecule has 0 spiro atoms. The van der Waals surface area contributed by atoms with Crippen LogP contribution in [0.25, 0.3) is 21.8 Å². The number of aliphatic hydroxyl groups is 8. The van der Waals surface area contributed by atoms with Crippen molar-refractivity contribution < 1.29 is 64.6 Å². The van der Waals surface area contributed by atoms with E-state index in [2.05, 4.69) is 51.7 Å². The maximum atomic E-state index is 12.6. The van der Waals surface area contributed by atoms with Crippen molar-refractivity contribution in [3.05, 3.63) is 73.1 Å². The summed E-state index contributed by atoms with van der Waals surface area (Å²) in [4.78, 5) is 18.8. The molecule has 1 aliphatic carbocycles. The van der Waals surface area contributed by atoms with Crippen LogP contribution in [0.3, 0.4) is 0 Å². The van der Waals surface area contributed by atoms with Crippen LogP contribution in [0.15, 0.2) is 73.1 Å². The zero-order chi connectivity index (χ0) is 42.1. The molecule has 2 aliphatic heterocycles. The number of H-pyrrole nitrogens is 2. The lowest BCUT2D eigenvalue weighted by molar-refractivity contribution is -0.332. The average molecular weight is 820 g/mol. The topological polar surface area (TPSA) is 364 Å². The molecule has 7 rings (SSSR count). The van der Waals surface area contributed by atoms with Crippen molar-refractivity contribution in [1.82, 2.24) is 15.3 Å². The summed E-state index contributed by atoms with van der Waals surface area (Å²) in [5.41, 5.74) is 25.5. The van der Waals surface area contributed by atoms with Gasteiger partial charge < -0.3 is 98.0 Å². The Kier molecular flexibility index (Phi) is 16.5. The highest BCUT2D eigenvalue weighted by Gasteiger charge is 2.52. The van der Waals surface area contributed by atoms with Gasteiger partial charge in [-0.1, -0.05) is 36.4 Å². The molecule has 4 aromatic rings. The molecule has 0 bridgehead atoms.